The summed E-state index contributed by atoms with van der Waals surface area (Å²) >= 11 is 0. The molecule has 6 aliphatic carbocycles. The number of aromatic nitrogens is 2. The van der Waals surface area contributed by atoms with Crippen LogP contribution in [0.1, 0.15) is 137 Å². The van der Waals surface area contributed by atoms with Crippen LogP contribution >= 0.6 is 0 Å². The molecule has 6 fully saturated rings. The summed E-state index contributed by atoms with van der Waals surface area (Å²) in [6, 6.07) is 10.3. The maximum atomic E-state index is 14.7. The molecule has 6 saturated carbocycles. The van der Waals surface area contributed by atoms with Gasteiger partial charge in [0.1, 0.15) is 11.9 Å². The van der Waals surface area contributed by atoms with Crippen molar-refractivity contribution in [1.29, 1.82) is 0 Å². The van der Waals surface area contributed by atoms with Gasteiger partial charge in [-0.25, -0.2) is 4.98 Å². The van der Waals surface area contributed by atoms with Gasteiger partial charge in [0, 0.05) is 5.41 Å². The van der Waals surface area contributed by atoms with Crippen LogP contribution in [0.25, 0.3) is 11.3 Å². The van der Waals surface area contributed by atoms with Gasteiger partial charge in [-0.2, -0.15) is 0 Å². The molecule has 8 nitrogen and oxygen atoms in total. The van der Waals surface area contributed by atoms with Gasteiger partial charge in [-0.3, -0.25) is 14.4 Å². The van der Waals surface area contributed by atoms with E-state index in [0.717, 1.165) is 74.9 Å². The maximum Gasteiger partial charge on any atom is 0.309 e. The number of benzene rings is 1. The summed E-state index contributed by atoms with van der Waals surface area (Å²) in [7, 11) is 0. The average Bonchev–Trinajstić information content (AvgIpc) is 3.47. The molecule has 0 aliphatic heterocycles. The Morgan fingerprint density at radius 2 is 1.60 bits per heavy atom. The Balaban J connectivity index is 0.974. The Kier molecular flexibility index (Phi) is 8.39. The summed E-state index contributed by atoms with van der Waals surface area (Å²) in [6.45, 7) is 13.0. The van der Waals surface area contributed by atoms with Gasteiger partial charge in [-0.1, -0.05) is 64.4 Å². The van der Waals surface area contributed by atoms with Crippen molar-refractivity contribution in [3.05, 3.63) is 42.4 Å². The molecule has 8 heteroatoms. The van der Waals surface area contributed by atoms with Gasteiger partial charge in [0.2, 0.25) is 5.91 Å². The highest BCUT2D eigenvalue weighted by Gasteiger charge is 2.68. The van der Waals surface area contributed by atoms with Crippen LogP contribution in [0, 0.1) is 56.7 Å². The van der Waals surface area contributed by atoms with Crippen molar-refractivity contribution in [2.45, 2.75) is 143 Å². The number of nitrogens with one attached hydrogen (secondary N) is 2. The topological polar surface area (TPSA) is 121 Å². The first kappa shape index (κ1) is 35.8. The van der Waals surface area contributed by atoms with Crippen LogP contribution in [0.5, 0.6) is 0 Å². The minimum absolute atomic E-state index is 0.111. The second-order valence-electron chi connectivity index (χ2n) is 19.9. The third kappa shape index (κ3) is 5.41. The number of H-pyrrole nitrogens is 1. The average molecular weight is 712 g/mol. The van der Waals surface area contributed by atoms with E-state index in [9.17, 15) is 19.5 Å². The van der Waals surface area contributed by atoms with Gasteiger partial charge in [0.05, 0.1) is 34.7 Å². The normalized spacial score (nSPS) is 38.5. The lowest BCUT2D eigenvalue weighted by molar-refractivity contribution is -0.222. The molecule has 1 aromatic heterocycles. The molecule has 0 saturated heterocycles. The largest absolute Gasteiger partial charge is 0.481 e. The van der Waals surface area contributed by atoms with E-state index in [1.54, 1.807) is 13.8 Å². The molecule has 2 aromatic rings. The molecule has 52 heavy (non-hydrogen) atoms. The number of amides is 1. The molecule has 1 aromatic carbocycles. The number of carboxylic acid groups (broad SMARTS) is 1. The Hall–Kier alpha value is -3.16. The zero-order chi connectivity index (χ0) is 36.9. The number of fused-ring (bicyclic) bond motifs is 7. The Morgan fingerprint density at radius 1 is 0.865 bits per heavy atom. The van der Waals surface area contributed by atoms with Crippen molar-refractivity contribution in [3.8, 4) is 11.3 Å². The smallest absolute Gasteiger partial charge is 0.309 e. The molecule has 8 rings (SSSR count). The lowest BCUT2D eigenvalue weighted by atomic mass is 9.36. The van der Waals surface area contributed by atoms with E-state index in [4.69, 9.17) is 9.72 Å². The fourth-order valence-corrected chi connectivity index (χ4v) is 13.6. The third-order valence-electron chi connectivity index (χ3n) is 16.6. The molecule has 0 bridgehead atoms. The fraction of sp³-hybridized carbons (Fsp3) is 0.727. The first-order chi connectivity index (χ1) is 24.6. The Morgan fingerprint density at radius 3 is 2.31 bits per heavy atom. The van der Waals surface area contributed by atoms with E-state index < -0.39 is 17.4 Å². The summed E-state index contributed by atoms with van der Waals surface area (Å²) in [5.74, 6) is 2.54. The monoisotopic (exact) mass is 711 g/mol. The second kappa shape index (κ2) is 12.2. The van der Waals surface area contributed by atoms with Crippen LogP contribution in [0.4, 0.5) is 0 Å². The van der Waals surface area contributed by atoms with Crippen LogP contribution in [0.15, 0.2) is 36.5 Å². The minimum Gasteiger partial charge on any atom is -0.481 e. The Labute approximate surface area is 310 Å². The molecule has 9 atom stereocenters. The number of aliphatic carboxylic acids is 1. The molecule has 1 heterocycles. The SMILES string of the molecule is CC(C)(CC(=O)OC1CCC2(C)C(CCC3(C)C4CCC5(C(=O)NC6(c7ncc(-c8ccccc8)[nH]7)CC6)CCCC5C4CCC32)C1(C)C)C(=O)O. The molecule has 282 valence electrons. The highest BCUT2D eigenvalue weighted by molar-refractivity contribution is 5.85. The fourth-order valence-electron chi connectivity index (χ4n) is 13.6. The van der Waals surface area contributed by atoms with Crippen molar-refractivity contribution in [3.63, 3.8) is 0 Å². The number of esters is 1. The van der Waals surface area contributed by atoms with E-state index in [1.165, 1.54) is 25.7 Å². The first-order valence-electron chi connectivity index (χ1n) is 20.4. The van der Waals surface area contributed by atoms with Crippen LogP contribution < -0.4 is 5.32 Å². The Bertz CT molecular complexity index is 1730. The number of hydrogen-bond donors (Lipinski definition) is 3. The van der Waals surface area contributed by atoms with Gasteiger partial charge >= 0.3 is 11.9 Å². The quantitative estimate of drug-likeness (QED) is 0.235. The predicted octanol–water partition coefficient (Wildman–Crippen LogP) is 9.06. The molecule has 6 aliphatic rings. The lowest BCUT2D eigenvalue weighted by Gasteiger charge is -2.69. The molecule has 3 N–H and O–H groups in total. The maximum absolute atomic E-state index is 14.7. The lowest BCUT2D eigenvalue weighted by Crippen LogP contribution is -2.64. The molecule has 9 unspecified atom stereocenters. The van der Waals surface area contributed by atoms with E-state index >= 15 is 0 Å². The first-order valence-corrected chi connectivity index (χ1v) is 20.4. The third-order valence-corrected chi connectivity index (χ3v) is 16.6. The van der Waals surface area contributed by atoms with Crippen molar-refractivity contribution >= 4 is 17.8 Å². The standard InChI is InChI=1S/C44H61N3O5/c1-39(2,38(50)51)25-35(48)52-34-18-21-42(6)32(40(34,3)4)17-20-41(5)29-16-22-43(19-10-13-30(43)28(29)14-15-33(41)42)37(49)47-44(23-24-44)36-45-26-31(46-36)27-11-8-7-9-12-27/h7-9,11-12,26,28-30,32-34H,10,13-25H2,1-6H3,(H,45,46)(H,47,49)(H,50,51). The highest BCUT2D eigenvalue weighted by Crippen LogP contribution is 2.73. The van der Waals surface area contributed by atoms with Gasteiger partial charge in [0.15, 0.2) is 0 Å². The molecule has 1 amide bonds. The van der Waals surface area contributed by atoms with Crippen molar-refractivity contribution in [2.24, 2.45) is 56.7 Å². The zero-order valence-electron chi connectivity index (χ0n) is 32.4. The molecule has 0 radical (unpaired) electrons. The van der Waals surface area contributed by atoms with E-state index in [-0.39, 0.29) is 45.6 Å². The van der Waals surface area contributed by atoms with Gasteiger partial charge in [-0.15, -0.1) is 0 Å². The minimum atomic E-state index is -1.14. The predicted molar refractivity (Wildman–Crippen MR) is 200 cm³/mol. The number of rotatable bonds is 8. The van der Waals surface area contributed by atoms with Crippen molar-refractivity contribution < 1.29 is 24.2 Å². The number of hydrogen-bond acceptors (Lipinski definition) is 5. The molecule has 0 spiro atoms. The summed E-state index contributed by atoms with van der Waals surface area (Å²) in [5, 5.41) is 13.2. The van der Waals surface area contributed by atoms with Crippen LogP contribution in [-0.4, -0.2) is 39.0 Å². The molecular weight excluding hydrogens is 651 g/mol. The summed E-state index contributed by atoms with van der Waals surface area (Å²) in [6.07, 6.45) is 15.5. The zero-order valence-corrected chi connectivity index (χ0v) is 32.4. The number of carboxylic acids is 1. The van der Waals surface area contributed by atoms with E-state index in [0.29, 0.717) is 29.6 Å². The number of imidazole rings is 1. The van der Waals surface area contributed by atoms with Crippen molar-refractivity contribution in [1.82, 2.24) is 15.3 Å². The summed E-state index contributed by atoms with van der Waals surface area (Å²) in [5.41, 5.74) is 0.546. The summed E-state index contributed by atoms with van der Waals surface area (Å²) in [4.78, 5) is 47.8. The highest BCUT2D eigenvalue weighted by atomic mass is 16.5. The van der Waals surface area contributed by atoms with Gasteiger partial charge < -0.3 is 20.1 Å². The summed E-state index contributed by atoms with van der Waals surface area (Å²) < 4.78 is 6.16. The van der Waals surface area contributed by atoms with Crippen LogP contribution in [-0.2, 0) is 24.7 Å². The number of ether oxygens (including phenoxy) is 1. The number of carbonyl (C=O) groups excluding carboxylic acids is 2. The molecular formula is C44H61N3O5. The van der Waals surface area contributed by atoms with Crippen molar-refractivity contribution in [2.75, 3.05) is 0 Å². The van der Waals surface area contributed by atoms with Crippen LogP contribution in [0.3, 0.4) is 0 Å². The van der Waals surface area contributed by atoms with Gasteiger partial charge in [-0.05, 0) is 137 Å². The van der Waals surface area contributed by atoms with Gasteiger partial charge in [0.25, 0.3) is 0 Å². The van der Waals surface area contributed by atoms with E-state index in [2.05, 4.69) is 50.1 Å². The van der Waals surface area contributed by atoms with E-state index in [1.807, 2.05) is 24.4 Å². The number of nitrogens with zero attached hydrogens (tertiary/aromatic N) is 1. The van der Waals surface area contributed by atoms with Crippen LogP contribution in [0.2, 0.25) is 0 Å². The number of carbonyl (C=O) groups is 3. The number of aromatic amines is 1. The second-order valence-corrected chi connectivity index (χ2v) is 19.9.